The van der Waals surface area contributed by atoms with Gasteiger partial charge in [-0.25, -0.2) is 4.98 Å². The van der Waals surface area contributed by atoms with Crippen molar-refractivity contribution in [1.29, 1.82) is 0 Å². The maximum absolute atomic E-state index is 9.34. The monoisotopic (exact) mass is 248 g/mol. The summed E-state index contributed by atoms with van der Waals surface area (Å²) in [6.45, 7) is 8.97. The first-order chi connectivity index (χ1) is 8.62. The highest BCUT2D eigenvalue weighted by Crippen LogP contribution is 2.26. The number of hydrogen-bond donors (Lipinski definition) is 1. The molecular weight excluding hydrogens is 224 g/mol. The highest BCUT2D eigenvalue weighted by Gasteiger charge is 2.23. The summed E-state index contributed by atoms with van der Waals surface area (Å²) >= 11 is 0. The van der Waals surface area contributed by atoms with Crippen molar-refractivity contribution in [1.82, 2.24) is 4.98 Å². The van der Waals surface area contributed by atoms with Crippen LogP contribution in [0.5, 0.6) is 0 Å². The van der Waals surface area contributed by atoms with Gasteiger partial charge in [-0.15, -0.1) is 0 Å². The van der Waals surface area contributed by atoms with Crippen molar-refractivity contribution >= 4 is 5.82 Å². The van der Waals surface area contributed by atoms with Crippen molar-refractivity contribution in [3.63, 3.8) is 0 Å². The van der Waals surface area contributed by atoms with E-state index in [1.165, 1.54) is 6.42 Å². The third-order valence-corrected chi connectivity index (χ3v) is 3.66. The number of hydrogen-bond acceptors (Lipinski definition) is 3. The fraction of sp³-hybridized carbons (Fsp3) is 0.667. The Kier molecular flexibility index (Phi) is 4.23. The number of aromatic nitrogens is 1. The first kappa shape index (κ1) is 13.3. The SMILES string of the molecule is CCc1cc(CO)cc(N2CC(C)CC(C)C2)n1. The van der Waals surface area contributed by atoms with Crippen LogP contribution in [0.15, 0.2) is 12.1 Å². The van der Waals surface area contributed by atoms with Crippen LogP contribution in [0.1, 0.15) is 38.4 Å². The molecule has 2 heterocycles. The smallest absolute Gasteiger partial charge is 0.129 e. The van der Waals surface area contributed by atoms with Gasteiger partial charge in [0.15, 0.2) is 0 Å². The molecule has 1 N–H and O–H groups in total. The van der Waals surface area contributed by atoms with E-state index < -0.39 is 0 Å². The van der Waals surface area contributed by atoms with Crippen LogP contribution in [0.4, 0.5) is 5.82 Å². The van der Waals surface area contributed by atoms with E-state index in [0.717, 1.165) is 48.4 Å². The van der Waals surface area contributed by atoms with Gasteiger partial charge in [-0.3, -0.25) is 0 Å². The van der Waals surface area contributed by atoms with Crippen molar-refractivity contribution in [3.05, 3.63) is 23.4 Å². The van der Waals surface area contributed by atoms with Gasteiger partial charge in [0.2, 0.25) is 0 Å². The topological polar surface area (TPSA) is 36.4 Å². The normalized spacial score (nSPS) is 24.3. The summed E-state index contributed by atoms with van der Waals surface area (Å²) in [6.07, 6.45) is 2.22. The minimum atomic E-state index is 0.0987. The van der Waals surface area contributed by atoms with E-state index in [1.54, 1.807) is 0 Å². The number of pyridine rings is 1. The molecule has 18 heavy (non-hydrogen) atoms. The lowest BCUT2D eigenvalue weighted by Gasteiger charge is -2.36. The molecule has 0 spiro atoms. The molecule has 2 unspecified atom stereocenters. The summed E-state index contributed by atoms with van der Waals surface area (Å²) in [5.74, 6) is 2.48. The van der Waals surface area contributed by atoms with E-state index in [1.807, 2.05) is 12.1 Å². The van der Waals surface area contributed by atoms with Crippen LogP contribution in [0.25, 0.3) is 0 Å². The van der Waals surface area contributed by atoms with Crippen LogP contribution in [-0.4, -0.2) is 23.2 Å². The molecule has 0 amide bonds. The van der Waals surface area contributed by atoms with Crippen LogP contribution >= 0.6 is 0 Å². The van der Waals surface area contributed by atoms with E-state index >= 15 is 0 Å². The Labute approximate surface area is 110 Å². The highest BCUT2D eigenvalue weighted by molar-refractivity contribution is 5.43. The van der Waals surface area contributed by atoms with Gasteiger partial charge in [0.1, 0.15) is 5.82 Å². The second kappa shape index (κ2) is 5.70. The Morgan fingerprint density at radius 2 is 1.94 bits per heavy atom. The zero-order valence-electron chi connectivity index (χ0n) is 11.7. The van der Waals surface area contributed by atoms with Gasteiger partial charge >= 0.3 is 0 Å². The predicted octanol–water partition coefficient (Wildman–Crippen LogP) is 2.62. The van der Waals surface area contributed by atoms with Crippen molar-refractivity contribution in [2.75, 3.05) is 18.0 Å². The third-order valence-electron chi connectivity index (χ3n) is 3.66. The number of nitrogens with zero attached hydrogens (tertiary/aromatic N) is 2. The van der Waals surface area contributed by atoms with Gasteiger partial charge in [0.05, 0.1) is 6.61 Å². The summed E-state index contributed by atoms with van der Waals surface area (Å²) in [5.41, 5.74) is 2.05. The summed E-state index contributed by atoms with van der Waals surface area (Å²) in [6, 6.07) is 4.03. The first-order valence-electron chi connectivity index (χ1n) is 6.98. The van der Waals surface area contributed by atoms with Crippen LogP contribution < -0.4 is 4.90 Å². The summed E-state index contributed by atoms with van der Waals surface area (Å²) in [4.78, 5) is 7.08. The van der Waals surface area contributed by atoms with Gasteiger partial charge in [0.25, 0.3) is 0 Å². The molecule has 1 aliphatic rings. The standard InChI is InChI=1S/C15H24N2O/c1-4-14-6-13(10-18)7-15(16-14)17-8-11(2)5-12(3)9-17/h6-7,11-12,18H,4-5,8-10H2,1-3H3. The number of piperidine rings is 1. The van der Waals surface area contributed by atoms with Gasteiger partial charge in [0, 0.05) is 18.8 Å². The van der Waals surface area contributed by atoms with E-state index in [-0.39, 0.29) is 6.61 Å². The average molecular weight is 248 g/mol. The maximum Gasteiger partial charge on any atom is 0.129 e. The molecule has 2 atom stereocenters. The predicted molar refractivity (Wildman–Crippen MR) is 74.7 cm³/mol. The van der Waals surface area contributed by atoms with E-state index in [2.05, 4.69) is 25.7 Å². The fourth-order valence-electron chi connectivity index (χ4n) is 2.92. The molecule has 3 nitrogen and oxygen atoms in total. The number of rotatable bonds is 3. The second-order valence-corrected chi connectivity index (χ2v) is 5.69. The molecule has 3 heteroatoms. The zero-order valence-corrected chi connectivity index (χ0v) is 11.7. The summed E-state index contributed by atoms with van der Waals surface area (Å²) in [7, 11) is 0. The Hall–Kier alpha value is -1.09. The average Bonchev–Trinajstić information content (AvgIpc) is 2.37. The van der Waals surface area contributed by atoms with Crippen molar-refractivity contribution in [2.24, 2.45) is 11.8 Å². The van der Waals surface area contributed by atoms with Gasteiger partial charge in [-0.2, -0.15) is 0 Å². The second-order valence-electron chi connectivity index (χ2n) is 5.69. The quantitative estimate of drug-likeness (QED) is 0.893. The molecular formula is C15H24N2O. The number of anilines is 1. The molecule has 100 valence electrons. The molecule has 1 saturated heterocycles. The van der Waals surface area contributed by atoms with Crippen molar-refractivity contribution in [2.45, 2.75) is 40.2 Å². The summed E-state index contributed by atoms with van der Waals surface area (Å²) < 4.78 is 0. The molecule has 0 aromatic carbocycles. The molecule has 2 rings (SSSR count). The highest BCUT2D eigenvalue weighted by atomic mass is 16.3. The molecule has 0 bridgehead atoms. The Balaban J connectivity index is 2.25. The van der Waals surface area contributed by atoms with Crippen LogP contribution in [0, 0.1) is 11.8 Å². The van der Waals surface area contributed by atoms with Crippen LogP contribution in [0.2, 0.25) is 0 Å². The lowest BCUT2D eigenvalue weighted by atomic mass is 9.92. The van der Waals surface area contributed by atoms with E-state index in [9.17, 15) is 5.11 Å². The summed E-state index contributed by atoms with van der Waals surface area (Å²) in [5, 5.41) is 9.34. The first-order valence-corrected chi connectivity index (χ1v) is 6.98. The largest absolute Gasteiger partial charge is 0.392 e. The van der Waals surface area contributed by atoms with Crippen molar-refractivity contribution in [3.8, 4) is 0 Å². The number of aliphatic hydroxyl groups is 1. The maximum atomic E-state index is 9.34. The fourth-order valence-corrected chi connectivity index (χ4v) is 2.92. The van der Waals surface area contributed by atoms with Gasteiger partial charge in [-0.1, -0.05) is 20.8 Å². The minimum Gasteiger partial charge on any atom is -0.392 e. The molecule has 1 aromatic rings. The minimum absolute atomic E-state index is 0.0987. The Bertz CT molecular complexity index is 373. The van der Waals surface area contributed by atoms with E-state index in [0.29, 0.717) is 0 Å². The molecule has 1 fully saturated rings. The van der Waals surface area contributed by atoms with E-state index in [4.69, 9.17) is 4.98 Å². The third kappa shape index (κ3) is 3.02. The molecule has 0 radical (unpaired) electrons. The van der Waals surface area contributed by atoms with Crippen molar-refractivity contribution < 1.29 is 5.11 Å². The zero-order chi connectivity index (χ0) is 13.1. The molecule has 1 aromatic heterocycles. The molecule has 0 saturated carbocycles. The van der Waals surface area contributed by atoms with Gasteiger partial charge < -0.3 is 10.0 Å². The Morgan fingerprint density at radius 1 is 1.28 bits per heavy atom. The van der Waals surface area contributed by atoms with Crippen LogP contribution in [0.3, 0.4) is 0 Å². The Morgan fingerprint density at radius 3 is 2.50 bits per heavy atom. The molecule has 0 aliphatic carbocycles. The van der Waals surface area contributed by atoms with Gasteiger partial charge in [-0.05, 0) is 42.4 Å². The van der Waals surface area contributed by atoms with Crippen LogP contribution in [-0.2, 0) is 13.0 Å². The lowest BCUT2D eigenvalue weighted by molar-refractivity contribution is 0.281. The number of aryl methyl sites for hydroxylation is 1. The number of aliphatic hydroxyl groups excluding tert-OH is 1. The molecule has 1 aliphatic heterocycles. The lowest BCUT2D eigenvalue weighted by Crippen LogP contribution is -2.39.